The van der Waals surface area contributed by atoms with Gasteiger partial charge in [0, 0.05) is 19.2 Å². The van der Waals surface area contributed by atoms with Crippen LogP contribution in [0, 0.1) is 17.6 Å². The van der Waals surface area contributed by atoms with Gasteiger partial charge in [0.2, 0.25) is 15.9 Å². The number of sulfonamides is 1. The first-order chi connectivity index (χ1) is 14.3. The van der Waals surface area contributed by atoms with E-state index in [1.165, 1.54) is 36.7 Å². The number of nitrogens with zero attached hydrogens (tertiary/aromatic N) is 1. The van der Waals surface area contributed by atoms with Gasteiger partial charge in [-0.3, -0.25) is 4.79 Å². The monoisotopic (exact) mass is 440 g/mol. The van der Waals surface area contributed by atoms with E-state index in [0.717, 1.165) is 12.1 Å². The highest BCUT2D eigenvalue weighted by Gasteiger charge is 2.35. The Kier molecular flexibility index (Phi) is 6.57. The second-order valence-electron chi connectivity index (χ2n) is 6.80. The number of piperidine rings is 1. The third-order valence-corrected chi connectivity index (χ3v) is 6.84. The lowest BCUT2D eigenvalue weighted by Gasteiger charge is -2.31. The number of carbonyl (C=O) groups is 1. The number of methoxy groups -OCH3 is 2. The van der Waals surface area contributed by atoms with Crippen molar-refractivity contribution in [2.75, 3.05) is 32.6 Å². The molecule has 1 aliphatic heterocycles. The van der Waals surface area contributed by atoms with Crippen molar-refractivity contribution in [3.63, 3.8) is 0 Å². The van der Waals surface area contributed by atoms with Gasteiger partial charge in [-0.25, -0.2) is 17.2 Å². The standard InChI is InChI=1S/C20H22F2N2O5S/c1-28-14-8-9-17(29-2)18(11-14)30(26,27)24-10-4-5-13(12-24)20(25)23-19-15(21)6-3-7-16(19)22/h3,6-9,11,13H,4-5,10,12H2,1-2H3,(H,23,25)/t13-/m0/s1. The minimum atomic E-state index is -3.99. The summed E-state index contributed by atoms with van der Waals surface area (Å²) in [4.78, 5) is 12.5. The molecule has 162 valence electrons. The van der Waals surface area contributed by atoms with Crippen LogP contribution in [0.15, 0.2) is 41.3 Å². The smallest absolute Gasteiger partial charge is 0.246 e. The average Bonchev–Trinajstić information content (AvgIpc) is 2.75. The van der Waals surface area contributed by atoms with E-state index in [1.54, 1.807) is 6.07 Å². The summed E-state index contributed by atoms with van der Waals surface area (Å²) >= 11 is 0. The van der Waals surface area contributed by atoms with Gasteiger partial charge in [0.15, 0.2) is 0 Å². The van der Waals surface area contributed by atoms with E-state index in [9.17, 15) is 22.0 Å². The van der Waals surface area contributed by atoms with Crippen LogP contribution in [0.1, 0.15) is 12.8 Å². The highest BCUT2D eigenvalue weighted by Crippen LogP contribution is 2.33. The Morgan fingerprint density at radius 2 is 1.83 bits per heavy atom. The van der Waals surface area contributed by atoms with E-state index < -0.39 is 39.2 Å². The number of para-hydroxylation sites is 1. The van der Waals surface area contributed by atoms with Crippen LogP contribution in [0.5, 0.6) is 11.5 Å². The Morgan fingerprint density at radius 3 is 2.47 bits per heavy atom. The molecule has 30 heavy (non-hydrogen) atoms. The van der Waals surface area contributed by atoms with Crippen molar-refractivity contribution in [3.05, 3.63) is 48.0 Å². The summed E-state index contributed by atoms with van der Waals surface area (Å²) in [6, 6.07) is 7.67. The van der Waals surface area contributed by atoms with Crippen LogP contribution < -0.4 is 14.8 Å². The predicted molar refractivity (Wildman–Crippen MR) is 106 cm³/mol. The van der Waals surface area contributed by atoms with Crippen molar-refractivity contribution in [1.29, 1.82) is 0 Å². The van der Waals surface area contributed by atoms with Crippen LogP contribution in [0.4, 0.5) is 14.5 Å². The molecule has 1 fully saturated rings. The first kappa shape index (κ1) is 22.0. The van der Waals surface area contributed by atoms with E-state index in [4.69, 9.17) is 9.47 Å². The molecule has 0 bridgehead atoms. The zero-order chi connectivity index (χ0) is 21.9. The molecule has 1 atom stereocenters. The molecule has 0 aliphatic carbocycles. The molecular formula is C20H22F2N2O5S. The van der Waals surface area contributed by atoms with Gasteiger partial charge < -0.3 is 14.8 Å². The quantitative estimate of drug-likeness (QED) is 0.747. The highest BCUT2D eigenvalue weighted by atomic mass is 32.2. The van der Waals surface area contributed by atoms with Crippen LogP contribution in [-0.2, 0) is 14.8 Å². The second kappa shape index (κ2) is 8.97. The zero-order valence-electron chi connectivity index (χ0n) is 16.5. The molecule has 0 unspecified atom stereocenters. The molecule has 7 nitrogen and oxygen atoms in total. The number of hydrogen-bond acceptors (Lipinski definition) is 5. The number of halogens is 2. The van der Waals surface area contributed by atoms with E-state index >= 15 is 0 Å². The fraction of sp³-hybridized carbons (Fsp3) is 0.350. The fourth-order valence-corrected chi connectivity index (χ4v) is 5.04. The Labute approximate surface area is 173 Å². The molecule has 1 N–H and O–H groups in total. The van der Waals surface area contributed by atoms with Crippen molar-refractivity contribution >= 4 is 21.6 Å². The summed E-state index contributed by atoms with van der Waals surface area (Å²) < 4.78 is 65.5. The van der Waals surface area contributed by atoms with Crippen LogP contribution in [0.2, 0.25) is 0 Å². The molecule has 10 heteroatoms. The summed E-state index contributed by atoms with van der Waals surface area (Å²) in [6.45, 7) is 0.0884. The Balaban J connectivity index is 1.83. The van der Waals surface area contributed by atoms with Gasteiger partial charge in [0.1, 0.15) is 33.7 Å². The lowest BCUT2D eigenvalue weighted by Crippen LogP contribution is -2.43. The Bertz CT molecular complexity index is 1030. The fourth-order valence-electron chi connectivity index (χ4n) is 3.34. The zero-order valence-corrected chi connectivity index (χ0v) is 17.3. The van der Waals surface area contributed by atoms with E-state index in [2.05, 4.69) is 5.32 Å². The molecule has 1 heterocycles. The lowest BCUT2D eigenvalue weighted by atomic mass is 9.98. The van der Waals surface area contributed by atoms with Crippen LogP contribution >= 0.6 is 0 Å². The third kappa shape index (κ3) is 4.39. The Morgan fingerprint density at radius 1 is 1.13 bits per heavy atom. The number of benzene rings is 2. The minimum absolute atomic E-state index is 0.0782. The largest absolute Gasteiger partial charge is 0.497 e. The maximum atomic E-state index is 13.8. The van der Waals surface area contributed by atoms with Gasteiger partial charge in [-0.1, -0.05) is 6.07 Å². The summed E-state index contributed by atoms with van der Waals surface area (Å²) in [7, 11) is -1.22. The minimum Gasteiger partial charge on any atom is -0.497 e. The molecule has 1 amide bonds. The number of hydrogen-bond donors (Lipinski definition) is 1. The number of carbonyl (C=O) groups excluding carboxylic acids is 1. The van der Waals surface area contributed by atoms with Gasteiger partial charge in [-0.2, -0.15) is 4.31 Å². The van der Waals surface area contributed by atoms with E-state index in [1.807, 2.05) is 0 Å². The summed E-state index contributed by atoms with van der Waals surface area (Å²) in [5.41, 5.74) is -0.544. The highest BCUT2D eigenvalue weighted by molar-refractivity contribution is 7.89. The predicted octanol–water partition coefficient (Wildman–Crippen LogP) is 3.02. The van der Waals surface area contributed by atoms with Gasteiger partial charge in [0.25, 0.3) is 0 Å². The van der Waals surface area contributed by atoms with Crippen molar-refractivity contribution in [3.8, 4) is 11.5 Å². The SMILES string of the molecule is COc1ccc(OC)c(S(=O)(=O)N2CCC[C@H](C(=O)Nc3c(F)cccc3F)C2)c1. The van der Waals surface area contributed by atoms with Crippen LogP contribution in [-0.4, -0.2) is 45.9 Å². The maximum Gasteiger partial charge on any atom is 0.246 e. The number of amides is 1. The van der Waals surface area contributed by atoms with Gasteiger partial charge >= 0.3 is 0 Å². The maximum absolute atomic E-state index is 13.8. The molecule has 3 rings (SSSR count). The molecule has 0 radical (unpaired) electrons. The average molecular weight is 440 g/mol. The molecular weight excluding hydrogens is 418 g/mol. The molecule has 2 aromatic rings. The summed E-state index contributed by atoms with van der Waals surface area (Å²) in [5.74, 6) is -2.71. The van der Waals surface area contributed by atoms with Crippen LogP contribution in [0.3, 0.4) is 0 Å². The number of rotatable bonds is 6. The van der Waals surface area contributed by atoms with E-state index in [-0.39, 0.29) is 23.7 Å². The van der Waals surface area contributed by atoms with Crippen molar-refractivity contribution in [2.45, 2.75) is 17.7 Å². The number of ether oxygens (including phenoxy) is 2. The van der Waals surface area contributed by atoms with Gasteiger partial charge in [-0.15, -0.1) is 0 Å². The normalized spacial score (nSPS) is 17.4. The van der Waals surface area contributed by atoms with Crippen molar-refractivity contribution < 1.29 is 31.5 Å². The summed E-state index contributed by atoms with van der Waals surface area (Å²) in [5, 5.41) is 2.25. The molecule has 0 saturated carbocycles. The number of anilines is 1. The third-order valence-electron chi connectivity index (χ3n) is 4.95. The molecule has 2 aromatic carbocycles. The van der Waals surface area contributed by atoms with Gasteiger partial charge in [-0.05, 0) is 37.1 Å². The molecule has 1 saturated heterocycles. The van der Waals surface area contributed by atoms with Crippen LogP contribution in [0.25, 0.3) is 0 Å². The van der Waals surface area contributed by atoms with E-state index in [0.29, 0.717) is 18.6 Å². The number of nitrogens with one attached hydrogen (secondary N) is 1. The first-order valence-electron chi connectivity index (χ1n) is 9.25. The molecule has 0 spiro atoms. The van der Waals surface area contributed by atoms with Crippen molar-refractivity contribution in [1.82, 2.24) is 4.31 Å². The Hall–Kier alpha value is -2.72. The second-order valence-corrected chi connectivity index (χ2v) is 8.71. The molecule has 0 aromatic heterocycles. The topological polar surface area (TPSA) is 84.9 Å². The van der Waals surface area contributed by atoms with Crippen molar-refractivity contribution in [2.24, 2.45) is 5.92 Å². The lowest BCUT2D eigenvalue weighted by molar-refractivity contribution is -0.120. The first-order valence-corrected chi connectivity index (χ1v) is 10.7. The summed E-state index contributed by atoms with van der Waals surface area (Å²) in [6.07, 6.45) is 0.812. The van der Waals surface area contributed by atoms with Gasteiger partial charge in [0.05, 0.1) is 20.1 Å². The molecule has 1 aliphatic rings.